The molecule has 3 aromatic rings. The second-order valence-corrected chi connectivity index (χ2v) is 3.67. The van der Waals surface area contributed by atoms with Gasteiger partial charge in [-0.05, 0) is 11.4 Å². The molecule has 13 heavy (non-hydrogen) atoms. The summed E-state index contributed by atoms with van der Waals surface area (Å²) in [4.78, 5) is 11.4. The van der Waals surface area contributed by atoms with Crippen molar-refractivity contribution in [2.45, 2.75) is 0 Å². The minimum Gasteiger partial charge on any atom is -0.382 e. The van der Waals surface area contributed by atoms with Gasteiger partial charge in [-0.15, -0.1) is 11.3 Å². The predicted octanol–water partition coefficient (Wildman–Crippen LogP) is 1.75. The number of thiophene rings is 1. The first-order chi connectivity index (χ1) is 6.36. The third-order valence-electron chi connectivity index (χ3n) is 1.99. The Balaban J connectivity index is 2.70. The summed E-state index contributed by atoms with van der Waals surface area (Å²) >= 11 is 1.64. The molecule has 0 aliphatic heterocycles. The number of anilines is 1. The molecule has 0 aliphatic rings. The zero-order valence-electron chi connectivity index (χ0n) is 6.61. The molecule has 3 aromatic heterocycles. The van der Waals surface area contributed by atoms with E-state index < -0.39 is 0 Å². The van der Waals surface area contributed by atoms with Crippen LogP contribution in [-0.4, -0.2) is 15.0 Å². The number of nitrogen functional groups attached to an aromatic ring is 1. The van der Waals surface area contributed by atoms with Gasteiger partial charge < -0.3 is 10.7 Å². The summed E-state index contributed by atoms with van der Waals surface area (Å²) < 4.78 is 1.11. The smallest absolute Gasteiger partial charge is 0.152 e. The number of aromatic amines is 1. The van der Waals surface area contributed by atoms with Crippen LogP contribution in [0.4, 0.5) is 5.82 Å². The molecule has 5 heteroatoms. The van der Waals surface area contributed by atoms with Crippen LogP contribution < -0.4 is 5.73 Å². The summed E-state index contributed by atoms with van der Waals surface area (Å²) in [7, 11) is 0. The summed E-state index contributed by atoms with van der Waals surface area (Å²) in [5.74, 6) is 0.488. The molecule has 4 nitrogen and oxygen atoms in total. The van der Waals surface area contributed by atoms with E-state index in [4.69, 9.17) is 5.73 Å². The number of aromatic nitrogens is 3. The number of pyridine rings is 1. The Hall–Kier alpha value is -1.62. The molecule has 64 valence electrons. The fourth-order valence-corrected chi connectivity index (χ4v) is 2.26. The van der Waals surface area contributed by atoms with E-state index in [9.17, 15) is 0 Å². The van der Waals surface area contributed by atoms with Gasteiger partial charge in [-0.2, -0.15) is 0 Å². The highest BCUT2D eigenvalue weighted by atomic mass is 32.1. The Morgan fingerprint density at radius 1 is 1.46 bits per heavy atom. The number of hydrogen-bond acceptors (Lipinski definition) is 4. The van der Waals surface area contributed by atoms with Gasteiger partial charge in [0.2, 0.25) is 0 Å². The van der Waals surface area contributed by atoms with Gasteiger partial charge in [0.05, 0.1) is 22.1 Å². The summed E-state index contributed by atoms with van der Waals surface area (Å²) in [5, 5.41) is 2.00. The zero-order valence-corrected chi connectivity index (χ0v) is 7.43. The van der Waals surface area contributed by atoms with Crippen molar-refractivity contribution < 1.29 is 0 Å². The summed E-state index contributed by atoms with van der Waals surface area (Å²) in [5.41, 5.74) is 8.41. The van der Waals surface area contributed by atoms with E-state index in [1.807, 2.05) is 11.4 Å². The fourth-order valence-electron chi connectivity index (χ4n) is 1.42. The lowest BCUT2D eigenvalue weighted by molar-refractivity contribution is 1.34. The highest BCUT2D eigenvalue weighted by Gasteiger charge is 2.08. The summed E-state index contributed by atoms with van der Waals surface area (Å²) in [6.07, 6.45) is 1.64. The largest absolute Gasteiger partial charge is 0.382 e. The lowest BCUT2D eigenvalue weighted by Crippen LogP contribution is -1.90. The van der Waals surface area contributed by atoms with E-state index in [0.29, 0.717) is 5.82 Å². The van der Waals surface area contributed by atoms with Crippen molar-refractivity contribution in [3.05, 3.63) is 17.8 Å². The minimum atomic E-state index is 0.488. The number of nitrogens with one attached hydrogen (secondary N) is 1. The predicted molar refractivity (Wildman–Crippen MR) is 53.7 cm³/mol. The lowest BCUT2D eigenvalue weighted by Gasteiger charge is -1.94. The van der Waals surface area contributed by atoms with Gasteiger partial charge in [-0.3, -0.25) is 0 Å². The molecule has 0 aromatic carbocycles. The van der Waals surface area contributed by atoms with Gasteiger partial charge in [0.15, 0.2) is 5.82 Å². The quantitative estimate of drug-likeness (QED) is 0.567. The van der Waals surface area contributed by atoms with Crippen LogP contribution in [0.1, 0.15) is 0 Å². The molecule has 0 saturated heterocycles. The first-order valence-electron chi connectivity index (χ1n) is 3.82. The van der Waals surface area contributed by atoms with Crippen LogP contribution in [0.2, 0.25) is 0 Å². The fraction of sp³-hybridized carbons (Fsp3) is 0. The van der Waals surface area contributed by atoms with Crippen LogP contribution in [0.3, 0.4) is 0 Å². The van der Waals surface area contributed by atoms with Gasteiger partial charge >= 0.3 is 0 Å². The number of rotatable bonds is 0. The average Bonchev–Trinajstić information content (AvgIpc) is 2.66. The van der Waals surface area contributed by atoms with Gasteiger partial charge in [-0.1, -0.05) is 0 Å². The van der Waals surface area contributed by atoms with Crippen molar-refractivity contribution in [3.63, 3.8) is 0 Å². The van der Waals surface area contributed by atoms with Gasteiger partial charge in [0.25, 0.3) is 0 Å². The third-order valence-corrected chi connectivity index (χ3v) is 2.92. The van der Waals surface area contributed by atoms with Gasteiger partial charge in [0.1, 0.15) is 5.52 Å². The van der Waals surface area contributed by atoms with Crippen molar-refractivity contribution >= 4 is 38.4 Å². The number of hydrogen-bond donors (Lipinski definition) is 2. The normalized spacial score (nSPS) is 11.4. The van der Waals surface area contributed by atoms with Gasteiger partial charge in [0, 0.05) is 0 Å². The molecule has 3 rings (SSSR count). The maximum Gasteiger partial charge on any atom is 0.152 e. The highest BCUT2D eigenvalue weighted by Crippen LogP contribution is 2.28. The molecule has 0 amide bonds. The maximum absolute atomic E-state index is 5.74. The van der Waals surface area contributed by atoms with E-state index in [-0.39, 0.29) is 0 Å². The molecule has 0 bridgehead atoms. The standard InChI is InChI=1S/C8H6N4S/c9-8-6-5(10-3-11-6)7-4(12-8)1-2-13-7/h1-3H,(H2,9,12)(H,10,11). The summed E-state index contributed by atoms with van der Waals surface area (Å²) in [6.45, 7) is 0. The van der Waals surface area contributed by atoms with Crippen LogP contribution in [0.15, 0.2) is 17.8 Å². The van der Waals surface area contributed by atoms with Crippen molar-refractivity contribution in [2.24, 2.45) is 0 Å². The topological polar surface area (TPSA) is 67.6 Å². The lowest BCUT2D eigenvalue weighted by atomic mass is 10.3. The van der Waals surface area contributed by atoms with Crippen LogP contribution in [0.25, 0.3) is 21.3 Å². The Kier molecular flexibility index (Phi) is 1.16. The molecule has 0 radical (unpaired) electrons. The van der Waals surface area contributed by atoms with E-state index >= 15 is 0 Å². The van der Waals surface area contributed by atoms with Gasteiger partial charge in [-0.25, -0.2) is 9.97 Å². The Morgan fingerprint density at radius 2 is 2.38 bits per heavy atom. The average molecular weight is 190 g/mol. The number of H-pyrrole nitrogens is 1. The first-order valence-corrected chi connectivity index (χ1v) is 4.70. The molecule has 0 spiro atoms. The first kappa shape index (κ1) is 6.85. The maximum atomic E-state index is 5.74. The molecule has 0 fully saturated rings. The summed E-state index contributed by atoms with van der Waals surface area (Å²) in [6, 6.07) is 1.96. The van der Waals surface area contributed by atoms with Crippen LogP contribution >= 0.6 is 11.3 Å². The highest BCUT2D eigenvalue weighted by molar-refractivity contribution is 7.18. The van der Waals surface area contributed by atoms with Crippen molar-refractivity contribution in [3.8, 4) is 0 Å². The molecule has 0 aliphatic carbocycles. The van der Waals surface area contributed by atoms with Crippen LogP contribution in [-0.2, 0) is 0 Å². The Labute approximate surface area is 77.4 Å². The molecule has 3 heterocycles. The van der Waals surface area contributed by atoms with Crippen LogP contribution in [0.5, 0.6) is 0 Å². The molecular weight excluding hydrogens is 184 g/mol. The molecular formula is C8H6N4S. The van der Waals surface area contributed by atoms with Crippen molar-refractivity contribution in [2.75, 3.05) is 5.73 Å². The number of fused-ring (bicyclic) bond motifs is 3. The van der Waals surface area contributed by atoms with Crippen molar-refractivity contribution in [1.82, 2.24) is 15.0 Å². The number of imidazole rings is 1. The van der Waals surface area contributed by atoms with Crippen LogP contribution in [0, 0.1) is 0 Å². The monoisotopic (exact) mass is 190 g/mol. The SMILES string of the molecule is Nc1nc2ccsc2c2[nH]cnc12. The Morgan fingerprint density at radius 3 is 3.31 bits per heavy atom. The Bertz CT molecular complexity index is 580. The number of nitrogens with two attached hydrogens (primary N) is 1. The van der Waals surface area contributed by atoms with Crippen molar-refractivity contribution in [1.29, 1.82) is 0 Å². The molecule has 3 N–H and O–H groups in total. The minimum absolute atomic E-state index is 0.488. The number of nitrogens with zero attached hydrogens (tertiary/aromatic N) is 2. The second kappa shape index (κ2) is 2.20. The molecule has 0 saturated carbocycles. The molecule has 0 atom stereocenters. The van der Waals surface area contributed by atoms with E-state index in [1.54, 1.807) is 17.7 Å². The van der Waals surface area contributed by atoms with E-state index in [1.165, 1.54) is 0 Å². The van der Waals surface area contributed by atoms with E-state index in [2.05, 4.69) is 15.0 Å². The van der Waals surface area contributed by atoms with E-state index in [0.717, 1.165) is 21.3 Å². The molecule has 0 unspecified atom stereocenters. The zero-order chi connectivity index (χ0) is 8.84. The second-order valence-electron chi connectivity index (χ2n) is 2.76. The third kappa shape index (κ3) is 0.790.